The van der Waals surface area contributed by atoms with Gasteiger partial charge in [-0.3, -0.25) is 4.79 Å². The van der Waals surface area contributed by atoms with E-state index in [1.165, 1.54) is 64.8 Å². The van der Waals surface area contributed by atoms with Crippen LogP contribution in [0.2, 0.25) is 0 Å². The number of halogens is 3. The van der Waals surface area contributed by atoms with Gasteiger partial charge in [-0.1, -0.05) is 91.0 Å². The largest absolute Gasteiger partial charge is 0.467 e. The molecule has 1 fully saturated rings. The summed E-state index contributed by atoms with van der Waals surface area (Å²) in [4.78, 5) is 41.9. The van der Waals surface area contributed by atoms with Gasteiger partial charge in [-0.15, -0.1) is 0 Å². The maximum absolute atomic E-state index is 14.6. The highest BCUT2D eigenvalue weighted by Gasteiger charge is 2.41. The normalized spacial score (nSPS) is 15.2. The van der Waals surface area contributed by atoms with E-state index >= 15 is 0 Å². The van der Waals surface area contributed by atoms with Crippen molar-refractivity contribution in [3.8, 4) is 22.3 Å². The van der Waals surface area contributed by atoms with E-state index in [4.69, 9.17) is 9.47 Å². The molecule has 5 aromatic rings. The van der Waals surface area contributed by atoms with Crippen molar-refractivity contribution in [2.45, 2.75) is 42.4 Å². The topological polar surface area (TPSA) is 110 Å². The molecule has 1 aliphatic heterocycles. The highest BCUT2D eigenvalue weighted by atomic mass is 32.2. The molecule has 0 aromatic heterocycles. The quantitative estimate of drug-likeness (QED) is 0.118. The molecule has 0 bridgehead atoms. The van der Waals surface area contributed by atoms with Crippen molar-refractivity contribution >= 4 is 27.9 Å². The predicted octanol–water partition coefficient (Wildman–Crippen LogP) is 7.91. The molecule has 1 unspecified atom stereocenters. The fourth-order valence-corrected chi connectivity index (χ4v) is 8.82. The van der Waals surface area contributed by atoms with E-state index in [0.717, 1.165) is 35.9 Å². The predicted molar refractivity (Wildman–Crippen MR) is 204 cm³/mol. The maximum Gasteiger partial charge on any atom is 0.416 e. The van der Waals surface area contributed by atoms with E-state index in [2.05, 4.69) is 0 Å². The minimum atomic E-state index is -4.49. The molecule has 290 valence electrons. The molecule has 56 heavy (non-hydrogen) atoms. The van der Waals surface area contributed by atoms with Crippen molar-refractivity contribution in [3.63, 3.8) is 0 Å². The summed E-state index contributed by atoms with van der Waals surface area (Å²) < 4.78 is 79.3. The van der Waals surface area contributed by atoms with Crippen LogP contribution in [0.5, 0.6) is 0 Å². The average Bonchev–Trinajstić information content (AvgIpc) is 3.71. The second-order valence-corrected chi connectivity index (χ2v) is 15.2. The van der Waals surface area contributed by atoms with Crippen LogP contribution in [0, 0.1) is 0 Å². The lowest BCUT2D eigenvalue weighted by Gasteiger charge is -2.35. The number of ether oxygens (including phenoxy) is 2. The molecular weight excluding hydrogens is 746 g/mol. The molecule has 0 aliphatic carbocycles. The van der Waals surface area contributed by atoms with Crippen molar-refractivity contribution in [2.75, 3.05) is 27.3 Å². The Kier molecular flexibility index (Phi) is 12.1. The standard InChI is InChI=1S/C43H39F3N2O7S/c1-54-41(50)37-12-6-7-13-39(37)56(52,53)48-26-8-11-36(48)28-47(38(42(51)55-2)27-29-14-16-31(17-15-29)30-9-4-3-5-10-30)40(49)34-20-18-32(19-21-34)33-22-24-35(25-23-33)43(44,45)46/h3-7,9-10,12-25,36,38H,8,11,26-28H2,1-2H3/t36-,38?/m0/s1. The van der Waals surface area contributed by atoms with E-state index in [-0.39, 0.29) is 35.5 Å². The molecule has 6 rings (SSSR count). The summed E-state index contributed by atoms with van der Waals surface area (Å²) in [5, 5.41) is 0. The highest BCUT2D eigenvalue weighted by Crippen LogP contribution is 2.33. The van der Waals surface area contributed by atoms with Gasteiger partial charge in [0.1, 0.15) is 6.04 Å². The second-order valence-electron chi connectivity index (χ2n) is 13.3. The van der Waals surface area contributed by atoms with E-state index in [0.29, 0.717) is 24.0 Å². The Bertz CT molecular complexity index is 2280. The third-order valence-electron chi connectivity index (χ3n) is 9.89. The maximum atomic E-state index is 14.6. The summed E-state index contributed by atoms with van der Waals surface area (Å²) in [6.45, 7) is -0.0861. The van der Waals surface area contributed by atoms with Crippen molar-refractivity contribution in [1.29, 1.82) is 0 Å². The minimum Gasteiger partial charge on any atom is -0.467 e. The number of carbonyl (C=O) groups excluding carboxylic acids is 3. The molecule has 1 aliphatic rings. The minimum absolute atomic E-state index is 0.0434. The Hall–Kier alpha value is -5.79. The van der Waals surface area contributed by atoms with Crippen LogP contribution in [0.25, 0.3) is 22.3 Å². The molecule has 13 heteroatoms. The molecule has 1 saturated heterocycles. The fourth-order valence-electron chi connectivity index (χ4n) is 6.95. The van der Waals surface area contributed by atoms with Crippen LogP contribution in [-0.2, 0) is 36.9 Å². The Morgan fingerprint density at radius 1 is 0.750 bits per heavy atom. The van der Waals surface area contributed by atoms with Crippen LogP contribution in [0.4, 0.5) is 13.2 Å². The van der Waals surface area contributed by atoms with E-state index in [9.17, 15) is 36.0 Å². The highest BCUT2D eigenvalue weighted by molar-refractivity contribution is 7.89. The Balaban J connectivity index is 1.35. The Morgan fingerprint density at radius 2 is 1.30 bits per heavy atom. The molecule has 0 saturated carbocycles. The lowest BCUT2D eigenvalue weighted by atomic mass is 9.98. The van der Waals surface area contributed by atoms with E-state index < -0.39 is 51.7 Å². The SMILES string of the molecule is COC(=O)c1ccccc1S(=O)(=O)N1CCC[C@H]1CN(C(=O)c1ccc(-c2ccc(C(F)(F)F)cc2)cc1)C(Cc1ccc(-c2ccccc2)cc1)C(=O)OC. The number of nitrogens with zero attached hydrogens (tertiary/aromatic N) is 2. The molecule has 5 aromatic carbocycles. The zero-order valence-electron chi connectivity index (χ0n) is 30.6. The molecule has 1 amide bonds. The van der Waals surface area contributed by atoms with Crippen LogP contribution in [0.15, 0.2) is 132 Å². The third-order valence-corrected chi connectivity index (χ3v) is 11.9. The molecule has 1 heterocycles. The number of sulfonamides is 1. The first-order chi connectivity index (χ1) is 26.8. The molecular formula is C43H39F3N2O7S. The number of benzene rings is 5. The number of carbonyl (C=O) groups is 3. The van der Waals surface area contributed by atoms with Crippen molar-refractivity contribution < 1.29 is 45.4 Å². The first-order valence-electron chi connectivity index (χ1n) is 17.8. The number of rotatable bonds is 12. The van der Waals surface area contributed by atoms with Crippen molar-refractivity contribution in [3.05, 3.63) is 150 Å². The number of hydrogen-bond donors (Lipinski definition) is 0. The van der Waals surface area contributed by atoms with Crippen molar-refractivity contribution in [1.82, 2.24) is 9.21 Å². The van der Waals surface area contributed by atoms with Gasteiger partial charge in [0.25, 0.3) is 5.91 Å². The van der Waals surface area contributed by atoms with Gasteiger partial charge in [-0.2, -0.15) is 17.5 Å². The summed E-state index contributed by atoms with van der Waals surface area (Å²) in [5.41, 5.74) is 2.97. The van der Waals surface area contributed by atoms with Gasteiger partial charge in [-0.05, 0) is 77.1 Å². The van der Waals surface area contributed by atoms with Crippen LogP contribution in [0.3, 0.4) is 0 Å². The summed E-state index contributed by atoms with van der Waals surface area (Å²) in [5.74, 6) is -2.12. The Labute approximate surface area is 323 Å². The van der Waals surface area contributed by atoms with Crippen molar-refractivity contribution in [2.24, 2.45) is 0 Å². The monoisotopic (exact) mass is 784 g/mol. The molecule has 0 N–H and O–H groups in total. The Morgan fingerprint density at radius 3 is 1.89 bits per heavy atom. The second kappa shape index (κ2) is 16.9. The number of methoxy groups -OCH3 is 2. The lowest BCUT2D eigenvalue weighted by Crippen LogP contribution is -2.52. The van der Waals surface area contributed by atoms with Crippen LogP contribution >= 0.6 is 0 Å². The number of amides is 1. The number of alkyl halides is 3. The lowest BCUT2D eigenvalue weighted by molar-refractivity contribution is -0.146. The summed E-state index contributed by atoms with van der Waals surface area (Å²) in [6, 6.07) is 31.9. The van der Waals surface area contributed by atoms with E-state index in [1.807, 2.05) is 54.6 Å². The first kappa shape index (κ1) is 39.9. The molecule has 0 radical (unpaired) electrons. The van der Waals surface area contributed by atoms with Crippen LogP contribution < -0.4 is 0 Å². The molecule has 9 nitrogen and oxygen atoms in total. The number of esters is 2. The van der Waals surface area contributed by atoms with Gasteiger partial charge in [0.05, 0.1) is 30.2 Å². The van der Waals surface area contributed by atoms with Gasteiger partial charge in [0.2, 0.25) is 10.0 Å². The van der Waals surface area contributed by atoms with E-state index in [1.54, 1.807) is 12.1 Å². The summed E-state index contributed by atoms with van der Waals surface area (Å²) in [6.07, 6.45) is -3.63. The fraction of sp³-hybridized carbons (Fsp3) is 0.233. The van der Waals surface area contributed by atoms with Gasteiger partial charge in [0.15, 0.2) is 0 Å². The van der Waals surface area contributed by atoms with Gasteiger partial charge in [-0.25, -0.2) is 18.0 Å². The summed E-state index contributed by atoms with van der Waals surface area (Å²) in [7, 11) is -1.92. The first-order valence-corrected chi connectivity index (χ1v) is 19.3. The van der Waals surface area contributed by atoms with Crippen LogP contribution in [-0.4, -0.2) is 74.9 Å². The number of hydrogen-bond acceptors (Lipinski definition) is 7. The summed E-state index contributed by atoms with van der Waals surface area (Å²) >= 11 is 0. The zero-order chi connectivity index (χ0) is 40.0. The third kappa shape index (κ3) is 8.69. The van der Waals surface area contributed by atoms with Gasteiger partial charge in [0, 0.05) is 31.1 Å². The average molecular weight is 785 g/mol. The van der Waals surface area contributed by atoms with Gasteiger partial charge < -0.3 is 14.4 Å². The smallest absolute Gasteiger partial charge is 0.416 e. The van der Waals surface area contributed by atoms with Crippen LogP contribution in [0.1, 0.15) is 44.7 Å². The molecule has 2 atom stereocenters. The zero-order valence-corrected chi connectivity index (χ0v) is 31.4. The van der Waals surface area contributed by atoms with Gasteiger partial charge >= 0.3 is 18.1 Å². The molecule has 0 spiro atoms.